The highest BCUT2D eigenvalue weighted by molar-refractivity contribution is 5.22. The predicted molar refractivity (Wildman–Crippen MR) is 83.8 cm³/mol. The molecule has 1 heterocycles. The molecule has 0 bridgehead atoms. The summed E-state index contributed by atoms with van der Waals surface area (Å²) in [5, 5.41) is 3.66. The molecule has 1 aromatic carbocycles. The normalized spacial score (nSPS) is 14.2. The summed E-state index contributed by atoms with van der Waals surface area (Å²) >= 11 is 0. The molecular formula is C17H25N3. The first kappa shape index (κ1) is 14.8. The van der Waals surface area contributed by atoms with Gasteiger partial charge in [0, 0.05) is 24.9 Å². The van der Waals surface area contributed by atoms with Crippen molar-refractivity contribution in [3.8, 4) is 0 Å². The molecule has 0 aliphatic heterocycles. The number of aryl methyl sites for hydroxylation is 1. The van der Waals surface area contributed by atoms with E-state index in [2.05, 4.69) is 72.2 Å². The monoisotopic (exact) mass is 271 g/mol. The van der Waals surface area contributed by atoms with Crippen LogP contribution >= 0.6 is 0 Å². The van der Waals surface area contributed by atoms with Crippen LogP contribution < -0.4 is 5.32 Å². The number of hydrogen-bond donors (Lipinski definition) is 1. The van der Waals surface area contributed by atoms with Crippen molar-refractivity contribution in [2.75, 3.05) is 6.54 Å². The van der Waals surface area contributed by atoms with Gasteiger partial charge >= 0.3 is 0 Å². The zero-order valence-corrected chi connectivity index (χ0v) is 12.7. The summed E-state index contributed by atoms with van der Waals surface area (Å²) in [6.45, 7) is 8.61. The molecular weight excluding hydrogens is 246 g/mol. The molecule has 3 heteroatoms. The van der Waals surface area contributed by atoms with E-state index in [-0.39, 0.29) is 6.04 Å². The number of nitrogens with zero attached hydrogens (tertiary/aromatic N) is 2. The summed E-state index contributed by atoms with van der Waals surface area (Å²) < 4.78 is 2.23. The molecule has 0 radical (unpaired) electrons. The van der Waals surface area contributed by atoms with Gasteiger partial charge in [0.05, 0.1) is 6.04 Å². The van der Waals surface area contributed by atoms with E-state index in [1.54, 1.807) is 0 Å². The Morgan fingerprint density at radius 1 is 1.20 bits per heavy atom. The van der Waals surface area contributed by atoms with Crippen LogP contribution in [0.3, 0.4) is 0 Å². The first-order valence-corrected chi connectivity index (χ1v) is 7.57. The van der Waals surface area contributed by atoms with E-state index in [0.717, 1.165) is 25.3 Å². The van der Waals surface area contributed by atoms with Crippen LogP contribution in [0.15, 0.2) is 42.7 Å². The Kier molecular flexibility index (Phi) is 5.36. The average molecular weight is 271 g/mol. The molecule has 108 valence electrons. The van der Waals surface area contributed by atoms with Gasteiger partial charge in [-0.1, -0.05) is 44.2 Å². The number of hydrogen-bond acceptors (Lipinski definition) is 2. The summed E-state index contributed by atoms with van der Waals surface area (Å²) in [6, 6.07) is 10.9. The fourth-order valence-electron chi connectivity index (χ4n) is 2.61. The molecule has 20 heavy (non-hydrogen) atoms. The van der Waals surface area contributed by atoms with Gasteiger partial charge < -0.3 is 9.88 Å². The Hall–Kier alpha value is -1.61. The Morgan fingerprint density at radius 2 is 1.95 bits per heavy atom. The molecule has 0 aliphatic carbocycles. The lowest BCUT2D eigenvalue weighted by Gasteiger charge is -2.26. The van der Waals surface area contributed by atoms with Gasteiger partial charge in [0.25, 0.3) is 0 Å². The van der Waals surface area contributed by atoms with Gasteiger partial charge in [-0.3, -0.25) is 0 Å². The highest BCUT2D eigenvalue weighted by Crippen LogP contribution is 2.29. The molecule has 0 saturated carbocycles. The standard InChI is InChI=1S/C17H25N3/c1-4-11-18-16(17-19-12-13-20(17)5-2)14(3)15-9-7-6-8-10-15/h6-10,12-14,16,18H,4-5,11H2,1-3H3. The first-order chi connectivity index (χ1) is 9.77. The van der Waals surface area contributed by atoms with Crippen molar-refractivity contribution in [1.82, 2.24) is 14.9 Å². The fraction of sp³-hybridized carbons (Fsp3) is 0.471. The second-order valence-electron chi connectivity index (χ2n) is 5.20. The zero-order chi connectivity index (χ0) is 14.4. The van der Waals surface area contributed by atoms with Crippen molar-refractivity contribution in [2.45, 2.75) is 45.7 Å². The van der Waals surface area contributed by atoms with Crippen LogP contribution in [0, 0.1) is 0 Å². The minimum absolute atomic E-state index is 0.257. The first-order valence-electron chi connectivity index (χ1n) is 7.57. The Morgan fingerprint density at radius 3 is 2.60 bits per heavy atom. The molecule has 0 fully saturated rings. The maximum atomic E-state index is 4.59. The third-order valence-electron chi connectivity index (χ3n) is 3.81. The number of aromatic nitrogens is 2. The minimum Gasteiger partial charge on any atom is -0.334 e. The molecule has 2 aromatic rings. The number of rotatable bonds is 7. The summed E-state index contributed by atoms with van der Waals surface area (Å²) in [5.41, 5.74) is 1.35. The lowest BCUT2D eigenvalue weighted by Crippen LogP contribution is -2.29. The maximum absolute atomic E-state index is 4.59. The molecule has 3 nitrogen and oxygen atoms in total. The van der Waals surface area contributed by atoms with Crippen molar-refractivity contribution >= 4 is 0 Å². The third kappa shape index (κ3) is 3.28. The minimum atomic E-state index is 0.257. The smallest absolute Gasteiger partial charge is 0.126 e. The second kappa shape index (κ2) is 7.25. The third-order valence-corrected chi connectivity index (χ3v) is 3.81. The summed E-state index contributed by atoms with van der Waals surface area (Å²) in [6.07, 6.45) is 5.09. The lowest BCUT2D eigenvalue weighted by atomic mass is 9.92. The largest absolute Gasteiger partial charge is 0.334 e. The predicted octanol–water partition coefficient (Wildman–Crippen LogP) is 3.75. The summed E-state index contributed by atoms with van der Waals surface area (Å²) in [4.78, 5) is 4.59. The summed E-state index contributed by atoms with van der Waals surface area (Å²) in [7, 11) is 0. The van der Waals surface area contributed by atoms with Gasteiger partial charge in [-0.15, -0.1) is 0 Å². The molecule has 0 aliphatic rings. The van der Waals surface area contributed by atoms with Gasteiger partial charge in [-0.05, 0) is 25.5 Å². The molecule has 2 atom stereocenters. The van der Waals surface area contributed by atoms with Crippen LogP contribution in [0.2, 0.25) is 0 Å². The fourth-order valence-corrected chi connectivity index (χ4v) is 2.61. The van der Waals surface area contributed by atoms with Crippen LogP contribution in [-0.4, -0.2) is 16.1 Å². The number of benzene rings is 1. The van der Waals surface area contributed by atoms with Crippen LogP contribution in [-0.2, 0) is 6.54 Å². The van der Waals surface area contributed by atoms with Crippen LogP contribution in [0.5, 0.6) is 0 Å². The van der Waals surface area contributed by atoms with Crippen molar-refractivity contribution < 1.29 is 0 Å². The van der Waals surface area contributed by atoms with Crippen molar-refractivity contribution in [3.63, 3.8) is 0 Å². The molecule has 0 saturated heterocycles. The van der Waals surface area contributed by atoms with Crippen LogP contribution in [0.4, 0.5) is 0 Å². The molecule has 1 N–H and O–H groups in total. The number of nitrogens with one attached hydrogen (secondary N) is 1. The van der Waals surface area contributed by atoms with E-state index in [1.165, 1.54) is 5.56 Å². The number of imidazole rings is 1. The Labute approximate surface area is 122 Å². The van der Waals surface area contributed by atoms with Crippen molar-refractivity contribution in [1.29, 1.82) is 0 Å². The second-order valence-corrected chi connectivity index (χ2v) is 5.20. The molecule has 0 amide bonds. The van der Waals surface area contributed by atoms with Gasteiger partial charge in [0.2, 0.25) is 0 Å². The van der Waals surface area contributed by atoms with Crippen LogP contribution in [0.1, 0.15) is 50.5 Å². The van der Waals surface area contributed by atoms with Gasteiger partial charge in [0.1, 0.15) is 5.82 Å². The molecule has 1 aromatic heterocycles. The van der Waals surface area contributed by atoms with E-state index in [0.29, 0.717) is 5.92 Å². The van der Waals surface area contributed by atoms with E-state index in [1.807, 2.05) is 6.20 Å². The van der Waals surface area contributed by atoms with E-state index >= 15 is 0 Å². The molecule has 2 unspecified atom stereocenters. The lowest BCUT2D eigenvalue weighted by molar-refractivity contribution is 0.429. The zero-order valence-electron chi connectivity index (χ0n) is 12.7. The van der Waals surface area contributed by atoms with Gasteiger partial charge in [-0.2, -0.15) is 0 Å². The van der Waals surface area contributed by atoms with E-state index < -0.39 is 0 Å². The molecule has 0 spiro atoms. The van der Waals surface area contributed by atoms with E-state index in [9.17, 15) is 0 Å². The topological polar surface area (TPSA) is 29.9 Å². The Bertz CT molecular complexity index is 504. The van der Waals surface area contributed by atoms with Gasteiger partial charge in [-0.25, -0.2) is 4.98 Å². The summed E-state index contributed by atoms with van der Waals surface area (Å²) in [5.74, 6) is 1.53. The molecule has 2 rings (SSSR count). The van der Waals surface area contributed by atoms with Crippen LogP contribution in [0.25, 0.3) is 0 Å². The highest BCUT2D eigenvalue weighted by Gasteiger charge is 2.23. The Balaban J connectivity index is 2.27. The van der Waals surface area contributed by atoms with Crippen molar-refractivity contribution in [2.24, 2.45) is 0 Å². The maximum Gasteiger partial charge on any atom is 0.126 e. The van der Waals surface area contributed by atoms with E-state index in [4.69, 9.17) is 0 Å². The van der Waals surface area contributed by atoms with Gasteiger partial charge in [0.15, 0.2) is 0 Å². The van der Waals surface area contributed by atoms with Crippen molar-refractivity contribution in [3.05, 3.63) is 54.1 Å². The highest BCUT2D eigenvalue weighted by atomic mass is 15.1. The quantitative estimate of drug-likeness (QED) is 0.831. The average Bonchev–Trinajstić information content (AvgIpc) is 2.96. The SMILES string of the molecule is CCCNC(c1nccn1CC)C(C)c1ccccc1.